The van der Waals surface area contributed by atoms with Crippen molar-refractivity contribution in [2.75, 3.05) is 25.5 Å². The molecule has 0 aromatic carbocycles. The van der Waals surface area contributed by atoms with Crippen molar-refractivity contribution in [2.24, 2.45) is 0 Å². The van der Waals surface area contributed by atoms with E-state index in [1.807, 2.05) is 6.92 Å². The lowest BCUT2D eigenvalue weighted by Gasteiger charge is -2.21. The molecule has 0 aliphatic rings. The van der Waals surface area contributed by atoms with Crippen molar-refractivity contribution in [3.8, 4) is 0 Å². The second-order valence-electron chi connectivity index (χ2n) is 4.50. The van der Waals surface area contributed by atoms with E-state index in [2.05, 4.69) is 53.8 Å². The Morgan fingerprint density at radius 1 is 1.50 bits per heavy atom. The summed E-state index contributed by atoms with van der Waals surface area (Å²) >= 11 is 0. The summed E-state index contributed by atoms with van der Waals surface area (Å²) in [5, 5.41) is 3.28. The lowest BCUT2D eigenvalue weighted by atomic mass is 10.3. The molecule has 0 spiro atoms. The lowest BCUT2D eigenvalue weighted by Crippen LogP contribution is -2.29. The number of rotatable bonds is 6. The smallest absolute Gasteiger partial charge is 0.203 e. The first-order chi connectivity index (χ1) is 7.54. The minimum absolute atomic E-state index is 0.590. The molecular weight excluding hydrogens is 200 g/mol. The van der Waals surface area contributed by atoms with Crippen LogP contribution in [-0.4, -0.2) is 40.6 Å². The van der Waals surface area contributed by atoms with Gasteiger partial charge in [0.15, 0.2) is 0 Å². The van der Waals surface area contributed by atoms with Crippen LogP contribution < -0.4 is 5.32 Å². The number of likely N-dealkylation sites (N-methyl/N-ethyl adjacent to an activating group) is 1. The van der Waals surface area contributed by atoms with E-state index in [0.717, 1.165) is 31.3 Å². The van der Waals surface area contributed by atoms with Crippen molar-refractivity contribution in [3.63, 3.8) is 0 Å². The molecule has 1 aromatic rings. The van der Waals surface area contributed by atoms with E-state index in [-0.39, 0.29) is 0 Å². The van der Waals surface area contributed by atoms with Gasteiger partial charge in [-0.15, -0.1) is 0 Å². The van der Waals surface area contributed by atoms with Crippen molar-refractivity contribution in [1.82, 2.24) is 14.5 Å². The minimum atomic E-state index is 0.590. The van der Waals surface area contributed by atoms with E-state index in [1.165, 1.54) is 0 Å². The number of nitrogens with one attached hydrogen (secondary N) is 1. The fourth-order valence-corrected chi connectivity index (χ4v) is 1.54. The fraction of sp³-hybridized carbons (Fsp3) is 0.750. The molecule has 0 amide bonds. The van der Waals surface area contributed by atoms with Crippen LogP contribution in [0.3, 0.4) is 0 Å². The van der Waals surface area contributed by atoms with Crippen LogP contribution >= 0.6 is 0 Å². The summed E-state index contributed by atoms with van der Waals surface area (Å²) in [6, 6.07) is 0.590. The Bertz CT molecular complexity index is 317. The summed E-state index contributed by atoms with van der Waals surface area (Å²) < 4.78 is 2.19. The molecule has 92 valence electrons. The Balaban J connectivity index is 2.58. The molecule has 0 radical (unpaired) electrons. The summed E-state index contributed by atoms with van der Waals surface area (Å²) in [5.74, 6) is 0.983. The van der Waals surface area contributed by atoms with Gasteiger partial charge in [-0.2, -0.15) is 0 Å². The van der Waals surface area contributed by atoms with Gasteiger partial charge in [-0.3, -0.25) is 0 Å². The Hall–Kier alpha value is -1.03. The topological polar surface area (TPSA) is 33.1 Å². The summed E-state index contributed by atoms with van der Waals surface area (Å²) in [7, 11) is 2.15. The molecule has 1 rings (SSSR count). The second-order valence-corrected chi connectivity index (χ2v) is 4.50. The number of hydrogen-bond acceptors (Lipinski definition) is 3. The normalized spacial score (nSPS) is 11.4. The van der Waals surface area contributed by atoms with Crippen LogP contribution in [0.15, 0.2) is 6.20 Å². The van der Waals surface area contributed by atoms with E-state index in [9.17, 15) is 0 Å². The number of hydrogen-bond donors (Lipinski definition) is 1. The van der Waals surface area contributed by atoms with Crippen molar-refractivity contribution in [2.45, 2.75) is 40.3 Å². The summed E-state index contributed by atoms with van der Waals surface area (Å²) in [4.78, 5) is 6.79. The number of aryl methyl sites for hydroxylation is 1. The second kappa shape index (κ2) is 5.89. The molecule has 0 fully saturated rings. The van der Waals surface area contributed by atoms with Gasteiger partial charge in [0.25, 0.3) is 0 Å². The van der Waals surface area contributed by atoms with Gasteiger partial charge in [-0.1, -0.05) is 0 Å². The van der Waals surface area contributed by atoms with Crippen LogP contribution in [0.1, 0.15) is 26.5 Å². The van der Waals surface area contributed by atoms with Gasteiger partial charge < -0.3 is 14.8 Å². The molecule has 1 aromatic heterocycles. The highest BCUT2D eigenvalue weighted by Gasteiger charge is 2.07. The maximum absolute atomic E-state index is 4.46. The highest BCUT2D eigenvalue weighted by atomic mass is 15.2. The largest absolute Gasteiger partial charge is 0.356 e. The molecule has 4 heteroatoms. The molecule has 0 aliphatic heterocycles. The molecule has 4 nitrogen and oxygen atoms in total. The zero-order chi connectivity index (χ0) is 12.1. The molecule has 0 atom stereocenters. The molecule has 16 heavy (non-hydrogen) atoms. The van der Waals surface area contributed by atoms with E-state index in [4.69, 9.17) is 0 Å². The Kier molecular flexibility index (Phi) is 4.80. The van der Waals surface area contributed by atoms with Crippen LogP contribution in [0, 0.1) is 6.92 Å². The van der Waals surface area contributed by atoms with Crippen molar-refractivity contribution in [3.05, 3.63) is 11.9 Å². The van der Waals surface area contributed by atoms with Gasteiger partial charge in [0.1, 0.15) is 0 Å². The first-order valence-electron chi connectivity index (χ1n) is 6.02. The zero-order valence-electron chi connectivity index (χ0n) is 11.1. The lowest BCUT2D eigenvalue weighted by molar-refractivity contribution is 0.263. The number of imidazole rings is 1. The van der Waals surface area contributed by atoms with Crippen LogP contribution in [0.25, 0.3) is 0 Å². The third-order valence-corrected chi connectivity index (χ3v) is 2.81. The van der Waals surface area contributed by atoms with Crippen LogP contribution in [0.5, 0.6) is 0 Å². The Morgan fingerprint density at radius 2 is 2.19 bits per heavy atom. The van der Waals surface area contributed by atoms with Crippen LogP contribution in [0.2, 0.25) is 0 Å². The average Bonchev–Trinajstić information content (AvgIpc) is 2.56. The van der Waals surface area contributed by atoms with Gasteiger partial charge in [-0.25, -0.2) is 4.98 Å². The zero-order valence-corrected chi connectivity index (χ0v) is 11.1. The Labute approximate surface area is 98.7 Å². The highest BCUT2D eigenvalue weighted by molar-refractivity contribution is 5.28. The monoisotopic (exact) mass is 224 g/mol. The predicted octanol–water partition coefficient (Wildman–Crippen LogP) is 1.96. The summed E-state index contributed by atoms with van der Waals surface area (Å²) in [6.45, 7) is 11.5. The standard InChI is InChI=1S/C12H24N4/c1-6-13-12-14-11(4)9-16(12)8-7-15(5)10(2)3/h9-10H,6-8H2,1-5H3,(H,13,14). The number of anilines is 1. The van der Waals surface area contributed by atoms with Gasteiger partial charge in [-0.05, 0) is 34.7 Å². The molecule has 0 unspecified atom stereocenters. The van der Waals surface area contributed by atoms with E-state index in [0.29, 0.717) is 6.04 Å². The SMILES string of the molecule is CCNc1nc(C)cn1CCN(C)C(C)C. The third-order valence-electron chi connectivity index (χ3n) is 2.81. The molecule has 1 heterocycles. The minimum Gasteiger partial charge on any atom is -0.356 e. The maximum atomic E-state index is 4.46. The maximum Gasteiger partial charge on any atom is 0.203 e. The fourth-order valence-electron chi connectivity index (χ4n) is 1.54. The molecule has 0 aliphatic carbocycles. The van der Waals surface area contributed by atoms with Crippen molar-refractivity contribution in [1.29, 1.82) is 0 Å². The third kappa shape index (κ3) is 3.52. The van der Waals surface area contributed by atoms with E-state index < -0.39 is 0 Å². The van der Waals surface area contributed by atoms with Gasteiger partial charge >= 0.3 is 0 Å². The van der Waals surface area contributed by atoms with Gasteiger partial charge in [0, 0.05) is 31.9 Å². The average molecular weight is 224 g/mol. The van der Waals surface area contributed by atoms with Crippen LogP contribution in [-0.2, 0) is 6.54 Å². The summed E-state index contributed by atoms with van der Waals surface area (Å²) in [6.07, 6.45) is 2.10. The molecule has 0 bridgehead atoms. The van der Waals surface area contributed by atoms with Gasteiger partial charge in [0.2, 0.25) is 5.95 Å². The van der Waals surface area contributed by atoms with Crippen molar-refractivity contribution < 1.29 is 0 Å². The molecule has 0 saturated heterocycles. The number of aromatic nitrogens is 2. The quantitative estimate of drug-likeness (QED) is 0.802. The van der Waals surface area contributed by atoms with E-state index >= 15 is 0 Å². The Morgan fingerprint density at radius 3 is 2.75 bits per heavy atom. The highest BCUT2D eigenvalue weighted by Crippen LogP contribution is 2.08. The summed E-state index contributed by atoms with van der Waals surface area (Å²) in [5.41, 5.74) is 1.07. The molecule has 1 N–H and O–H groups in total. The predicted molar refractivity (Wildman–Crippen MR) is 68.9 cm³/mol. The molecule has 0 saturated carbocycles. The van der Waals surface area contributed by atoms with Crippen LogP contribution in [0.4, 0.5) is 5.95 Å². The first-order valence-corrected chi connectivity index (χ1v) is 6.02. The number of nitrogens with zero attached hydrogens (tertiary/aromatic N) is 3. The first kappa shape index (κ1) is 13.0. The van der Waals surface area contributed by atoms with Gasteiger partial charge in [0.05, 0.1) is 5.69 Å². The van der Waals surface area contributed by atoms with E-state index in [1.54, 1.807) is 0 Å². The molecular formula is C12H24N4. The van der Waals surface area contributed by atoms with Crippen molar-refractivity contribution >= 4 is 5.95 Å².